The van der Waals surface area contributed by atoms with Gasteiger partial charge in [0.15, 0.2) is 0 Å². The fraction of sp³-hybridized carbons (Fsp3) is 0.524. The molecule has 170 valence electrons. The largest absolute Gasteiger partial charge is 0.444 e. The Morgan fingerprint density at radius 1 is 1.23 bits per heavy atom. The predicted molar refractivity (Wildman–Crippen MR) is 125 cm³/mol. The Morgan fingerprint density at radius 2 is 1.97 bits per heavy atom. The molecule has 2 N–H and O–H groups in total. The average molecular weight is 467 g/mol. The van der Waals surface area contributed by atoms with Crippen LogP contribution in [0.3, 0.4) is 0 Å². The van der Waals surface area contributed by atoms with Gasteiger partial charge < -0.3 is 19.8 Å². The number of ether oxygens (including phenoxy) is 1. The van der Waals surface area contributed by atoms with Gasteiger partial charge in [-0.15, -0.1) is 10.2 Å². The molecule has 1 atom stereocenters. The second-order valence-electron chi connectivity index (χ2n) is 8.04. The van der Waals surface area contributed by atoms with Crippen molar-refractivity contribution in [1.82, 2.24) is 15.5 Å². The van der Waals surface area contributed by atoms with Gasteiger partial charge in [-0.3, -0.25) is 4.79 Å². The van der Waals surface area contributed by atoms with Gasteiger partial charge in [-0.05, 0) is 70.2 Å². The van der Waals surface area contributed by atoms with Crippen LogP contribution in [0.4, 0.5) is 10.5 Å². The summed E-state index contributed by atoms with van der Waals surface area (Å²) in [5.41, 5.74) is 2.25. The molecule has 0 bridgehead atoms. The van der Waals surface area contributed by atoms with E-state index in [9.17, 15) is 9.59 Å². The Labute approximate surface area is 191 Å². The van der Waals surface area contributed by atoms with Gasteiger partial charge in [-0.2, -0.15) is 11.8 Å². The van der Waals surface area contributed by atoms with E-state index in [1.54, 1.807) is 32.5 Å². The van der Waals surface area contributed by atoms with E-state index < -0.39 is 17.7 Å². The molecule has 0 radical (unpaired) electrons. The summed E-state index contributed by atoms with van der Waals surface area (Å²) >= 11 is 2.80. The molecule has 2 amide bonds. The normalized spacial score (nSPS) is 12.3. The zero-order chi connectivity index (χ0) is 23.0. The van der Waals surface area contributed by atoms with Gasteiger partial charge in [0.05, 0.1) is 5.75 Å². The summed E-state index contributed by atoms with van der Waals surface area (Å²) in [6.07, 6.45) is 2.05. The second-order valence-corrected chi connectivity index (χ2v) is 9.95. The standard InChI is InChI=1S/C21H30N4O4S2/c1-13-7-8-14(2)16(11-13)22-17(26)12-31-20-25-24-18(28-20)15(9-10-30-6)23-19(27)29-21(3,4)5/h7-8,11,15H,9-10,12H2,1-6H3,(H,22,26)(H,23,27)/t15-/m0/s1. The number of alkyl carbamates (subject to hydrolysis) is 1. The summed E-state index contributed by atoms with van der Waals surface area (Å²) in [6.45, 7) is 9.32. The molecule has 2 aromatic rings. The third-order valence-corrected chi connectivity index (χ3v) is 5.48. The lowest BCUT2D eigenvalue weighted by atomic mass is 10.1. The molecule has 0 saturated carbocycles. The summed E-state index contributed by atoms with van der Waals surface area (Å²) in [6, 6.07) is 5.43. The van der Waals surface area contributed by atoms with Crippen LogP contribution in [0.2, 0.25) is 0 Å². The van der Waals surface area contributed by atoms with Crippen molar-refractivity contribution in [2.45, 2.75) is 57.9 Å². The van der Waals surface area contributed by atoms with Crippen LogP contribution in [0.1, 0.15) is 50.3 Å². The Hall–Kier alpha value is -2.20. The van der Waals surface area contributed by atoms with Crippen LogP contribution in [-0.2, 0) is 9.53 Å². The van der Waals surface area contributed by atoms with Gasteiger partial charge in [-0.25, -0.2) is 4.79 Å². The van der Waals surface area contributed by atoms with E-state index >= 15 is 0 Å². The third kappa shape index (κ3) is 8.82. The quantitative estimate of drug-likeness (QED) is 0.511. The molecule has 1 aromatic carbocycles. The molecule has 1 aromatic heterocycles. The Bertz CT molecular complexity index is 896. The number of carbonyl (C=O) groups excluding carboxylic acids is 2. The smallest absolute Gasteiger partial charge is 0.408 e. The number of hydrogen-bond acceptors (Lipinski definition) is 8. The SMILES string of the molecule is CSCC[C@H](NC(=O)OC(C)(C)C)c1nnc(SCC(=O)Nc2cc(C)ccc2C)o1. The van der Waals surface area contributed by atoms with E-state index in [0.29, 0.717) is 6.42 Å². The first-order valence-corrected chi connectivity index (χ1v) is 12.3. The number of benzene rings is 1. The topological polar surface area (TPSA) is 106 Å². The highest BCUT2D eigenvalue weighted by Gasteiger charge is 2.24. The maximum absolute atomic E-state index is 12.3. The first kappa shape index (κ1) is 25.1. The molecular weight excluding hydrogens is 436 g/mol. The number of nitrogens with zero attached hydrogens (tertiary/aromatic N) is 2. The van der Waals surface area contributed by atoms with E-state index in [1.807, 2.05) is 38.3 Å². The number of hydrogen-bond donors (Lipinski definition) is 2. The van der Waals surface area contributed by atoms with Gasteiger partial charge >= 0.3 is 6.09 Å². The van der Waals surface area contributed by atoms with Gasteiger partial charge in [0.2, 0.25) is 11.8 Å². The molecule has 0 saturated heterocycles. The number of rotatable bonds is 9. The number of amides is 2. The zero-order valence-corrected chi connectivity index (χ0v) is 20.4. The minimum atomic E-state index is -0.604. The number of nitrogens with one attached hydrogen (secondary N) is 2. The van der Waals surface area contributed by atoms with Gasteiger partial charge in [0.1, 0.15) is 11.6 Å². The molecular formula is C21H30N4O4S2. The van der Waals surface area contributed by atoms with Crippen molar-refractivity contribution in [3.05, 3.63) is 35.2 Å². The number of anilines is 1. The van der Waals surface area contributed by atoms with Gasteiger partial charge in [-0.1, -0.05) is 23.9 Å². The first-order valence-electron chi connectivity index (χ1n) is 9.89. The van der Waals surface area contributed by atoms with Crippen molar-refractivity contribution in [1.29, 1.82) is 0 Å². The minimum absolute atomic E-state index is 0.129. The Morgan fingerprint density at radius 3 is 2.65 bits per heavy atom. The summed E-state index contributed by atoms with van der Waals surface area (Å²) in [4.78, 5) is 24.5. The molecule has 0 unspecified atom stereocenters. The van der Waals surface area contributed by atoms with E-state index in [1.165, 1.54) is 0 Å². The van der Waals surface area contributed by atoms with Gasteiger partial charge in [0, 0.05) is 5.69 Å². The zero-order valence-electron chi connectivity index (χ0n) is 18.8. The lowest BCUT2D eigenvalue weighted by molar-refractivity contribution is -0.113. The van der Waals surface area contributed by atoms with Crippen molar-refractivity contribution in [2.75, 3.05) is 23.1 Å². The molecule has 0 spiro atoms. The first-order chi connectivity index (χ1) is 14.6. The third-order valence-electron chi connectivity index (χ3n) is 4.02. The van der Waals surface area contributed by atoms with Crippen LogP contribution in [0.15, 0.2) is 27.8 Å². The molecule has 2 rings (SSSR count). The lowest BCUT2D eigenvalue weighted by Crippen LogP contribution is -2.35. The summed E-state index contributed by atoms with van der Waals surface area (Å²) < 4.78 is 11.0. The highest BCUT2D eigenvalue weighted by molar-refractivity contribution is 7.99. The molecule has 8 nitrogen and oxygen atoms in total. The van der Waals surface area contributed by atoms with Crippen molar-refractivity contribution in [3.63, 3.8) is 0 Å². The van der Waals surface area contributed by atoms with E-state index in [-0.39, 0.29) is 22.8 Å². The predicted octanol–water partition coefficient (Wildman–Crippen LogP) is 4.74. The number of carbonyl (C=O) groups is 2. The summed E-state index contributed by atoms with van der Waals surface area (Å²) in [7, 11) is 0. The van der Waals surface area contributed by atoms with Crippen LogP contribution in [-0.4, -0.2) is 45.6 Å². The summed E-state index contributed by atoms with van der Waals surface area (Å²) in [5.74, 6) is 1.05. The Balaban J connectivity index is 1.96. The fourth-order valence-corrected chi connectivity index (χ4v) is 3.59. The minimum Gasteiger partial charge on any atom is -0.444 e. The van der Waals surface area contributed by atoms with Crippen molar-refractivity contribution >= 4 is 41.2 Å². The molecule has 1 heterocycles. The number of aromatic nitrogens is 2. The maximum Gasteiger partial charge on any atom is 0.408 e. The van der Waals surface area contributed by atoms with E-state index in [0.717, 1.165) is 34.3 Å². The van der Waals surface area contributed by atoms with Crippen molar-refractivity contribution in [3.8, 4) is 0 Å². The van der Waals surface area contributed by atoms with Crippen LogP contribution in [0, 0.1) is 13.8 Å². The van der Waals surface area contributed by atoms with Crippen LogP contribution in [0.25, 0.3) is 0 Å². The lowest BCUT2D eigenvalue weighted by Gasteiger charge is -2.22. The number of thioether (sulfide) groups is 2. The number of aryl methyl sites for hydroxylation is 2. The molecule has 0 aliphatic heterocycles. The monoisotopic (exact) mass is 466 g/mol. The average Bonchev–Trinajstić information content (AvgIpc) is 3.14. The van der Waals surface area contributed by atoms with E-state index in [2.05, 4.69) is 20.8 Å². The Kier molecular flexibility index (Phi) is 9.24. The van der Waals surface area contributed by atoms with Crippen molar-refractivity contribution < 1.29 is 18.7 Å². The second kappa shape index (κ2) is 11.4. The molecule has 31 heavy (non-hydrogen) atoms. The highest BCUT2D eigenvalue weighted by Crippen LogP contribution is 2.24. The molecule has 0 fully saturated rings. The molecule has 0 aliphatic rings. The van der Waals surface area contributed by atoms with Crippen LogP contribution in [0.5, 0.6) is 0 Å². The van der Waals surface area contributed by atoms with Crippen molar-refractivity contribution in [2.24, 2.45) is 0 Å². The fourth-order valence-electron chi connectivity index (χ4n) is 2.55. The molecule has 10 heteroatoms. The van der Waals surface area contributed by atoms with Crippen LogP contribution >= 0.6 is 23.5 Å². The maximum atomic E-state index is 12.3. The highest BCUT2D eigenvalue weighted by atomic mass is 32.2. The van der Waals surface area contributed by atoms with E-state index in [4.69, 9.17) is 9.15 Å². The molecule has 0 aliphatic carbocycles. The van der Waals surface area contributed by atoms with Crippen LogP contribution < -0.4 is 10.6 Å². The summed E-state index contributed by atoms with van der Waals surface area (Å²) in [5, 5.41) is 14.0. The van der Waals surface area contributed by atoms with Gasteiger partial charge in [0.25, 0.3) is 5.22 Å².